The number of rotatable bonds is 5. The van der Waals surface area contributed by atoms with Gasteiger partial charge in [0.2, 0.25) is 0 Å². The molecule has 2 nitrogen and oxygen atoms in total. The molecule has 0 aromatic heterocycles. The van der Waals surface area contributed by atoms with Gasteiger partial charge in [0, 0.05) is 0 Å². The van der Waals surface area contributed by atoms with Crippen LogP contribution in [0.1, 0.15) is 32.3 Å². The lowest BCUT2D eigenvalue weighted by Gasteiger charge is -2.08. The van der Waals surface area contributed by atoms with Gasteiger partial charge in [0.15, 0.2) is 11.5 Å². The van der Waals surface area contributed by atoms with Crippen LogP contribution in [-0.4, -0.2) is 11.7 Å². The van der Waals surface area contributed by atoms with E-state index in [-0.39, 0.29) is 5.75 Å². The summed E-state index contributed by atoms with van der Waals surface area (Å²) in [5.74, 6) is 0.776. The lowest BCUT2D eigenvalue weighted by Crippen LogP contribution is -1.96. The Morgan fingerprint density at radius 1 is 1.40 bits per heavy atom. The smallest absolute Gasteiger partial charge is 0.161 e. The Kier molecular flexibility index (Phi) is 4.75. The van der Waals surface area contributed by atoms with Crippen LogP contribution in [0.5, 0.6) is 11.5 Å². The molecule has 0 amide bonds. The van der Waals surface area contributed by atoms with E-state index < -0.39 is 0 Å². The van der Waals surface area contributed by atoms with E-state index in [1.807, 2.05) is 31.2 Å². The maximum atomic E-state index is 9.55. The van der Waals surface area contributed by atoms with Crippen molar-refractivity contribution in [3.8, 4) is 11.5 Å². The third kappa shape index (κ3) is 3.66. The van der Waals surface area contributed by atoms with Crippen molar-refractivity contribution in [2.45, 2.75) is 26.7 Å². The maximum absolute atomic E-state index is 9.55. The molecule has 0 fully saturated rings. The van der Waals surface area contributed by atoms with Crippen molar-refractivity contribution < 1.29 is 9.84 Å². The van der Waals surface area contributed by atoms with Gasteiger partial charge < -0.3 is 9.84 Å². The molecule has 0 spiro atoms. The summed E-state index contributed by atoms with van der Waals surface area (Å²) in [5.41, 5.74) is 1.04. The van der Waals surface area contributed by atoms with Crippen molar-refractivity contribution in [1.29, 1.82) is 0 Å². The van der Waals surface area contributed by atoms with E-state index in [9.17, 15) is 5.11 Å². The maximum Gasteiger partial charge on any atom is 0.161 e. The van der Waals surface area contributed by atoms with Crippen LogP contribution in [0.4, 0.5) is 0 Å². The zero-order valence-electron chi connectivity index (χ0n) is 9.36. The Balaban J connectivity index is 2.71. The summed E-state index contributed by atoms with van der Waals surface area (Å²) in [7, 11) is 0. The lowest BCUT2D eigenvalue weighted by molar-refractivity contribution is 0.293. The van der Waals surface area contributed by atoms with E-state index in [0.717, 1.165) is 18.4 Å². The average molecular weight is 206 g/mol. The molecule has 1 aromatic rings. The lowest BCUT2D eigenvalue weighted by atomic mass is 10.2. The monoisotopic (exact) mass is 206 g/mol. The fraction of sp³-hybridized carbons (Fsp3) is 0.385. The second kappa shape index (κ2) is 6.12. The second-order valence-corrected chi connectivity index (χ2v) is 3.43. The van der Waals surface area contributed by atoms with E-state index in [1.54, 1.807) is 6.07 Å². The van der Waals surface area contributed by atoms with E-state index in [0.29, 0.717) is 12.4 Å². The van der Waals surface area contributed by atoms with Crippen LogP contribution in [0, 0.1) is 0 Å². The van der Waals surface area contributed by atoms with Gasteiger partial charge >= 0.3 is 0 Å². The summed E-state index contributed by atoms with van der Waals surface area (Å²) in [4.78, 5) is 0. The van der Waals surface area contributed by atoms with Crippen molar-refractivity contribution >= 4 is 6.08 Å². The Labute approximate surface area is 91.2 Å². The fourth-order valence-corrected chi connectivity index (χ4v) is 1.27. The Hall–Kier alpha value is -1.44. The number of aromatic hydroxyl groups is 1. The van der Waals surface area contributed by atoms with Gasteiger partial charge in [-0.25, -0.2) is 0 Å². The number of unbranched alkanes of at least 4 members (excludes halogenated alkanes) is 1. The molecule has 82 valence electrons. The Morgan fingerprint density at radius 2 is 2.20 bits per heavy atom. The van der Waals surface area contributed by atoms with Gasteiger partial charge in [-0.15, -0.1) is 0 Å². The van der Waals surface area contributed by atoms with E-state index in [1.165, 1.54) is 0 Å². The molecule has 0 saturated carbocycles. The molecule has 0 aliphatic carbocycles. The van der Waals surface area contributed by atoms with Crippen LogP contribution in [-0.2, 0) is 0 Å². The number of phenolic OH excluding ortho intramolecular Hbond substituents is 1. The molecule has 0 aliphatic rings. The molecule has 0 saturated heterocycles. The third-order valence-electron chi connectivity index (χ3n) is 2.10. The van der Waals surface area contributed by atoms with Crippen LogP contribution in [0.3, 0.4) is 0 Å². The molecule has 1 rings (SSSR count). The van der Waals surface area contributed by atoms with Gasteiger partial charge in [0.25, 0.3) is 0 Å². The minimum Gasteiger partial charge on any atom is -0.504 e. The minimum atomic E-state index is 0.208. The molecule has 0 aliphatic heterocycles. The number of ether oxygens (including phenoxy) is 1. The summed E-state index contributed by atoms with van der Waals surface area (Å²) in [6.45, 7) is 4.73. The van der Waals surface area contributed by atoms with Crippen molar-refractivity contribution in [2.24, 2.45) is 0 Å². The normalized spacial score (nSPS) is 10.8. The number of allylic oxidation sites excluding steroid dienone is 1. The zero-order chi connectivity index (χ0) is 11.1. The topological polar surface area (TPSA) is 29.5 Å². The van der Waals surface area contributed by atoms with Gasteiger partial charge in [0.05, 0.1) is 6.61 Å². The van der Waals surface area contributed by atoms with Gasteiger partial charge in [-0.05, 0) is 31.0 Å². The molecule has 0 radical (unpaired) electrons. The standard InChI is InChI=1S/C13H18O2/c1-3-5-9-15-13-10-11(6-4-2)7-8-12(13)14/h4,6-8,10,14H,3,5,9H2,1-2H3. The summed E-state index contributed by atoms with van der Waals surface area (Å²) in [5, 5.41) is 9.55. The molecule has 0 atom stereocenters. The van der Waals surface area contributed by atoms with E-state index in [2.05, 4.69) is 6.92 Å². The average Bonchev–Trinajstić information content (AvgIpc) is 2.23. The summed E-state index contributed by atoms with van der Waals surface area (Å²) in [6.07, 6.45) is 6.04. The highest BCUT2D eigenvalue weighted by atomic mass is 16.5. The number of hydrogen-bond acceptors (Lipinski definition) is 2. The Morgan fingerprint density at radius 3 is 2.87 bits per heavy atom. The highest BCUT2D eigenvalue weighted by Gasteiger charge is 2.01. The van der Waals surface area contributed by atoms with Gasteiger partial charge in [-0.3, -0.25) is 0 Å². The predicted octanol–water partition coefficient (Wildman–Crippen LogP) is 3.60. The number of phenols is 1. The highest BCUT2D eigenvalue weighted by Crippen LogP contribution is 2.27. The first kappa shape index (κ1) is 11.6. The van der Waals surface area contributed by atoms with Gasteiger partial charge in [0.1, 0.15) is 0 Å². The Bertz CT molecular complexity index is 329. The highest BCUT2D eigenvalue weighted by molar-refractivity contribution is 5.55. The molecular formula is C13H18O2. The summed E-state index contributed by atoms with van der Waals surface area (Å²) in [6, 6.07) is 5.38. The molecule has 0 heterocycles. The van der Waals surface area contributed by atoms with E-state index >= 15 is 0 Å². The van der Waals surface area contributed by atoms with E-state index in [4.69, 9.17) is 4.74 Å². The van der Waals surface area contributed by atoms with Crippen LogP contribution < -0.4 is 4.74 Å². The van der Waals surface area contributed by atoms with Crippen LogP contribution >= 0.6 is 0 Å². The molecule has 2 heteroatoms. The zero-order valence-corrected chi connectivity index (χ0v) is 9.36. The molecule has 0 unspecified atom stereocenters. The van der Waals surface area contributed by atoms with Crippen LogP contribution in [0.25, 0.3) is 6.08 Å². The van der Waals surface area contributed by atoms with Crippen molar-refractivity contribution in [3.05, 3.63) is 29.8 Å². The fourth-order valence-electron chi connectivity index (χ4n) is 1.27. The third-order valence-corrected chi connectivity index (χ3v) is 2.10. The molecule has 0 bridgehead atoms. The molecular weight excluding hydrogens is 188 g/mol. The predicted molar refractivity (Wildman–Crippen MR) is 63.2 cm³/mol. The second-order valence-electron chi connectivity index (χ2n) is 3.43. The summed E-state index contributed by atoms with van der Waals surface area (Å²) >= 11 is 0. The summed E-state index contributed by atoms with van der Waals surface area (Å²) < 4.78 is 5.48. The van der Waals surface area contributed by atoms with Gasteiger partial charge in [-0.2, -0.15) is 0 Å². The SMILES string of the molecule is CC=Cc1ccc(O)c(OCCCC)c1. The quantitative estimate of drug-likeness (QED) is 0.746. The van der Waals surface area contributed by atoms with Crippen molar-refractivity contribution in [1.82, 2.24) is 0 Å². The molecule has 15 heavy (non-hydrogen) atoms. The molecule has 1 aromatic carbocycles. The van der Waals surface area contributed by atoms with Crippen molar-refractivity contribution in [3.63, 3.8) is 0 Å². The van der Waals surface area contributed by atoms with Crippen molar-refractivity contribution in [2.75, 3.05) is 6.61 Å². The van der Waals surface area contributed by atoms with Gasteiger partial charge in [-0.1, -0.05) is 31.6 Å². The van der Waals surface area contributed by atoms with Crippen LogP contribution in [0.2, 0.25) is 0 Å². The molecule has 1 N–H and O–H groups in total. The van der Waals surface area contributed by atoms with Crippen LogP contribution in [0.15, 0.2) is 24.3 Å². The minimum absolute atomic E-state index is 0.208. The first-order valence-corrected chi connectivity index (χ1v) is 5.36. The number of hydrogen-bond donors (Lipinski definition) is 1. The largest absolute Gasteiger partial charge is 0.504 e. The first-order valence-electron chi connectivity index (χ1n) is 5.36. The number of benzene rings is 1. The first-order chi connectivity index (χ1) is 7.27.